The van der Waals surface area contributed by atoms with Gasteiger partial charge in [0.1, 0.15) is 11.6 Å². The number of aromatic nitrogens is 1. The molecule has 0 radical (unpaired) electrons. The Morgan fingerprint density at radius 1 is 1.35 bits per heavy atom. The molecule has 90 valence electrons. The SMILES string of the molecule is CNC(Cc1c(F)cccc1F)c1cncs1. The molecule has 0 spiro atoms. The molecule has 17 heavy (non-hydrogen) atoms. The van der Waals surface area contributed by atoms with Gasteiger partial charge in [0.2, 0.25) is 0 Å². The number of halogens is 2. The average Bonchev–Trinajstić information content (AvgIpc) is 2.82. The lowest BCUT2D eigenvalue weighted by Crippen LogP contribution is -2.19. The first-order chi connectivity index (χ1) is 8.22. The van der Waals surface area contributed by atoms with Gasteiger partial charge in [0.15, 0.2) is 0 Å². The van der Waals surface area contributed by atoms with E-state index in [2.05, 4.69) is 10.3 Å². The molecule has 1 aromatic heterocycles. The molecule has 0 fully saturated rings. The van der Waals surface area contributed by atoms with Crippen LogP contribution < -0.4 is 5.32 Å². The predicted molar refractivity (Wildman–Crippen MR) is 64.0 cm³/mol. The molecule has 0 saturated heterocycles. The highest BCUT2D eigenvalue weighted by molar-refractivity contribution is 7.09. The van der Waals surface area contributed by atoms with E-state index in [-0.39, 0.29) is 18.0 Å². The molecular formula is C12H12F2N2S. The topological polar surface area (TPSA) is 24.9 Å². The quantitative estimate of drug-likeness (QED) is 0.907. The second kappa shape index (κ2) is 5.33. The van der Waals surface area contributed by atoms with Gasteiger partial charge in [0.05, 0.1) is 5.51 Å². The number of likely N-dealkylation sites (N-methyl/N-ethyl adjacent to an activating group) is 1. The molecule has 1 N–H and O–H groups in total. The smallest absolute Gasteiger partial charge is 0.129 e. The van der Waals surface area contributed by atoms with Crippen molar-refractivity contribution in [1.82, 2.24) is 10.3 Å². The fourth-order valence-electron chi connectivity index (χ4n) is 1.67. The van der Waals surface area contributed by atoms with Gasteiger partial charge in [-0.3, -0.25) is 4.98 Å². The summed E-state index contributed by atoms with van der Waals surface area (Å²) in [5, 5.41) is 3.04. The lowest BCUT2D eigenvalue weighted by atomic mass is 10.0. The van der Waals surface area contributed by atoms with Crippen molar-refractivity contribution in [3.8, 4) is 0 Å². The number of hydrogen-bond acceptors (Lipinski definition) is 3. The molecule has 2 rings (SSSR count). The van der Waals surface area contributed by atoms with Crippen LogP contribution in [0.25, 0.3) is 0 Å². The van der Waals surface area contributed by atoms with E-state index in [4.69, 9.17) is 0 Å². The van der Waals surface area contributed by atoms with E-state index < -0.39 is 11.6 Å². The van der Waals surface area contributed by atoms with Crippen LogP contribution >= 0.6 is 11.3 Å². The Kier molecular flexibility index (Phi) is 3.81. The molecule has 0 aliphatic rings. The minimum atomic E-state index is -0.505. The van der Waals surface area contributed by atoms with Crippen LogP contribution in [0.3, 0.4) is 0 Å². The number of rotatable bonds is 4. The molecule has 0 saturated carbocycles. The number of hydrogen-bond donors (Lipinski definition) is 1. The van der Waals surface area contributed by atoms with Gasteiger partial charge in [-0.2, -0.15) is 0 Å². The van der Waals surface area contributed by atoms with Gasteiger partial charge < -0.3 is 5.32 Å². The molecule has 1 atom stereocenters. The lowest BCUT2D eigenvalue weighted by molar-refractivity contribution is 0.518. The zero-order chi connectivity index (χ0) is 12.3. The van der Waals surface area contributed by atoms with Crippen molar-refractivity contribution in [2.45, 2.75) is 12.5 Å². The summed E-state index contributed by atoms with van der Waals surface area (Å²) in [4.78, 5) is 4.94. The lowest BCUT2D eigenvalue weighted by Gasteiger charge is -2.14. The normalized spacial score (nSPS) is 12.6. The van der Waals surface area contributed by atoms with Gasteiger partial charge >= 0.3 is 0 Å². The fraction of sp³-hybridized carbons (Fsp3) is 0.250. The Hall–Kier alpha value is -1.33. The molecule has 0 bridgehead atoms. The Morgan fingerprint density at radius 3 is 2.59 bits per heavy atom. The second-order valence-corrected chi connectivity index (χ2v) is 4.57. The largest absolute Gasteiger partial charge is 0.312 e. The Morgan fingerprint density at radius 2 is 2.06 bits per heavy atom. The molecule has 1 aromatic carbocycles. The monoisotopic (exact) mass is 254 g/mol. The molecule has 1 heterocycles. The molecule has 5 heteroatoms. The molecule has 2 aromatic rings. The van der Waals surface area contributed by atoms with Crippen molar-refractivity contribution >= 4 is 11.3 Å². The Bertz CT molecular complexity index is 465. The van der Waals surface area contributed by atoms with Crippen molar-refractivity contribution in [2.24, 2.45) is 0 Å². The van der Waals surface area contributed by atoms with E-state index in [1.54, 1.807) is 18.8 Å². The summed E-state index contributed by atoms with van der Waals surface area (Å²) in [5.41, 5.74) is 1.82. The molecule has 2 nitrogen and oxygen atoms in total. The van der Waals surface area contributed by atoms with Crippen LogP contribution in [-0.4, -0.2) is 12.0 Å². The van der Waals surface area contributed by atoms with E-state index >= 15 is 0 Å². The maximum absolute atomic E-state index is 13.5. The zero-order valence-electron chi connectivity index (χ0n) is 9.28. The zero-order valence-corrected chi connectivity index (χ0v) is 10.1. The number of thiazole rings is 1. The summed E-state index contributed by atoms with van der Waals surface area (Å²) < 4.78 is 27.0. The third-order valence-corrected chi connectivity index (χ3v) is 3.50. The number of nitrogens with one attached hydrogen (secondary N) is 1. The summed E-state index contributed by atoms with van der Waals surface area (Å²) in [7, 11) is 1.77. The average molecular weight is 254 g/mol. The third-order valence-electron chi connectivity index (χ3n) is 2.61. The first kappa shape index (κ1) is 12.1. The van der Waals surface area contributed by atoms with Gasteiger partial charge in [0.25, 0.3) is 0 Å². The van der Waals surface area contributed by atoms with Crippen molar-refractivity contribution < 1.29 is 8.78 Å². The summed E-state index contributed by atoms with van der Waals surface area (Å²) in [5.74, 6) is -1.01. The highest BCUT2D eigenvalue weighted by atomic mass is 32.1. The van der Waals surface area contributed by atoms with Gasteiger partial charge in [-0.05, 0) is 25.6 Å². The van der Waals surface area contributed by atoms with Crippen LogP contribution in [0.2, 0.25) is 0 Å². The molecule has 0 amide bonds. The summed E-state index contributed by atoms with van der Waals surface area (Å²) in [6.07, 6.45) is 1.99. The van der Waals surface area contributed by atoms with E-state index in [1.807, 2.05) is 0 Å². The maximum atomic E-state index is 13.5. The molecular weight excluding hydrogens is 242 g/mol. The van der Waals surface area contributed by atoms with Crippen LogP contribution in [-0.2, 0) is 6.42 Å². The summed E-state index contributed by atoms with van der Waals surface area (Å²) >= 11 is 1.47. The highest BCUT2D eigenvalue weighted by Gasteiger charge is 2.17. The Balaban J connectivity index is 2.25. The van der Waals surface area contributed by atoms with Gasteiger partial charge in [-0.1, -0.05) is 6.07 Å². The second-order valence-electron chi connectivity index (χ2n) is 3.65. The minimum absolute atomic E-state index is 0.111. The standard InChI is InChI=1S/C12H12F2N2S/c1-15-11(12-6-16-7-17-12)5-8-9(13)3-2-4-10(8)14/h2-4,6-7,11,15H,5H2,1H3. The van der Waals surface area contributed by atoms with Gasteiger partial charge in [-0.25, -0.2) is 8.78 Å². The van der Waals surface area contributed by atoms with Crippen LogP contribution in [0.15, 0.2) is 29.9 Å². The summed E-state index contributed by atoms with van der Waals surface area (Å²) in [6, 6.07) is 3.80. The third kappa shape index (κ3) is 2.68. The molecule has 0 aliphatic heterocycles. The number of benzene rings is 1. The van der Waals surface area contributed by atoms with Crippen molar-refractivity contribution in [1.29, 1.82) is 0 Å². The Labute approximate surface area is 102 Å². The van der Waals surface area contributed by atoms with E-state index in [0.717, 1.165) is 4.88 Å². The van der Waals surface area contributed by atoms with E-state index in [1.165, 1.54) is 29.5 Å². The maximum Gasteiger partial charge on any atom is 0.129 e. The van der Waals surface area contributed by atoms with Crippen LogP contribution in [0.5, 0.6) is 0 Å². The van der Waals surface area contributed by atoms with Crippen molar-refractivity contribution in [2.75, 3.05) is 7.05 Å². The summed E-state index contributed by atoms with van der Waals surface area (Å²) in [6.45, 7) is 0. The van der Waals surface area contributed by atoms with Gasteiger partial charge in [0, 0.05) is 22.7 Å². The van der Waals surface area contributed by atoms with E-state index in [0.29, 0.717) is 0 Å². The van der Waals surface area contributed by atoms with Crippen LogP contribution in [0.1, 0.15) is 16.5 Å². The molecule has 0 aliphatic carbocycles. The minimum Gasteiger partial charge on any atom is -0.312 e. The number of nitrogens with zero attached hydrogens (tertiary/aromatic N) is 1. The fourth-order valence-corrected chi connectivity index (χ4v) is 2.40. The van der Waals surface area contributed by atoms with Crippen molar-refractivity contribution in [3.05, 3.63) is 52.0 Å². The predicted octanol–water partition coefficient (Wildman–Crippen LogP) is 2.92. The first-order valence-corrected chi connectivity index (χ1v) is 6.09. The van der Waals surface area contributed by atoms with Crippen LogP contribution in [0, 0.1) is 11.6 Å². The van der Waals surface area contributed by atoms with E-state index in [9.17, 15) is 8.78 Å². The molecule has 1 unspecified atom stereocenters. The van der Waals surface area contributed by atoms with Crippen molar-refractivity contribution in [3.63, 3.8) is 0 Å². The highest BCUT2D eigenvalue weighted by Crippen LogP contribution is 2.24. The van der Waals surface area contributed by atoms with Crippen LogP contribution in [0.4, 0.5) is 8.78 Å². The first-order valence-electron chi connectivity index (χ1n) is 5.21. The van der Waals surface area contributed by atoms with Gasteiger partial charge in [-0.15, -0.1) is 11.3 Å².